The SMILES string of the molecule is Cn1nc(C(O)c2cccc(Cl)c2Cl)c2ccccc21. The van der Waals surface area contributed by atoms with Gasteiger partial charge in [-0.05, 0) is 12.1 Å². The quantitative estimate of drug-likeness (QED) is 0.778. The van der Waals surface area contributed by atoms with Gasteiger partial charge in [-0.1, -0.05) is 53.5 Å². The molecule has 2 aromatic carbocycles. The van der Waals surface area contributed by atoms with E-state index in [1.807, 2.05) is 31.3 Å². The molecular weight excluding hydrogens is 295 g/mol. The van der Waals surface area contributed by atoms with Crippen LogP contribution in [0.4, 0.5) is 0 Å². The van der Waals surface area contributed by atoms with Crippen LogP contribution < -0.4 is 0 Å². The van der Waals surface area contributed by atoms with E-state index in [9.17, 15) is 5.11 Å². The van der Waals surface area contributed by atoms with Crippen LogP contribution in [-0.2, 0) is 7.05 Å². The van der Waals surface area contributed by atoms with Gasteiger partial charge in [-0.15, -0.1) is 0 Å². The summed E-state index contributed by atoms with van der Waals surface area (Å²) < 4.78 is 1.74. The third-order valence-corrected chi connectivity index (χ3v) is 4.15. The van der Waals surface area contributed by atoms with Crippen molar-refractivity contribution in [3.63, 3.8) is 0 Å². The number of benzene rings is 2. The molecule has 20 heavy (non-hydrogen) atoms. The molecule has 1 N–H and O–H groups in total. The third-order valence-electron chi connectivity index (χ3n) is 3.32. The van der Waals surface area contributed by atoms with E-state index in [-0.39, 0.29) is 0 Å². The molecule has 102 valence electrons. The Bertz CT molecular complexity index is 783. The van der Waals surface area contributed by atoms with Crippen molar-refractivity contribution in [2.45, 2.75) is 6.10 Å². The second-order valence-electron chi connectivity index (χ2n) is 4.57. The van der Waals surface area contributed by atoms with E-state index in [0.717, 1.165) is 10.9 Å². The fourth-order valence-electron chi connectivity index (χ4n) is 2.32. The van der Waals surface area contributed by atoms with Gasteiger partial charge in [-0.3, -0.25) is 4.68 Å². The van der Waals surface area contributed by atoms with E-state index in [1.54, 1.807) is 22.9 Å². The molecule has 1 aromatic heterocycles. The van der Waals surface area contributed by atoms with Crippen molar-refractivity contribution in [2.75, 3.05) is 0 Å². The lowest BCUT2D eigenvalue weighted by atomic mass is 10.0. The zero-order chi connectivity index (χ0) is 14.3. The Hall–Kier alpha value is -1.55. The maximum atomic E-state index is 10.6. The molecule has 3 nitrogen and oxygen atoms in total. The highest BCUT2D eigenvalue weighted by molar-refractivity contribution is 6.42. The van der Waals surface area contributed by atoms with Gasteiger partial charge in [0.15, 0.2) is 0 Å². The van der Waals surface area contributed by atoms with Crippen molar-refractivity contribution in [3.8, 4) is 0 Å². The first kappa shape index (κ1) is 13.4. The van der Waals surface area contributed by atoms with E-state index in [4.69, 9.17) is 23.2 Å². The summed E-state index contributed by atoms with van der Waals surface area (Å²) in [7, 11) is 1.85. The number of hydrogen-bond acceptors (Lipinski definition) is 2. The van der Waals surface area contributed by atoms with Gasteiger partial charge in [0, 0.05) is 18.0 Å². The van der Waals surface area contributed by atoms with Gasteiger partial charge in [0.2, 0.25) is 0 Å². The third kappa shape index (κ3) is 2.08. The fraction of sp³-hybridized carbons (Fsp3) is 0.133. The molecule has 1 unspecified atom stereocenters. The molecule has 0 bridgehead atoms. The van der Waals surface area contributed by atoms with Gasteiger partial charge in [-0.2, -0.15) is 5.10 Å². The number of para-hydroxylation sites is 1. The van der Waals surface area contributed by atoms with Gasteiger partial charge in [0.05, 0.1) is 15.6 Å². The molecule has 0 saturated carbocycles. The number of halogens is 2. The predicted molar refractivity (Wildman–Crippen MR) is 81.2 cm³/mol. The molecule has 0 spiro atoms. The molecule has 0 amide bonds. The van der Waals surface area contributed by atoms with Crippen LogP contribution in [0, 0.1) is 0 Å². The minimum atomic E-state index is -0.910. The van der Waals surface area contributed by atoms with Crippen LogP contribution >= 0.6 is 23.2 Å². The van der Waals surface area contributed by atoms with Crippen LogP contribution in [0.15, 0.2) is 42.5 Å². The van der Waals surface area contributed by atoms with Crippen molar-refractivity contribution in [1.29, 1.82) is 0 Å². The summed E-state index contributed by atoms with van der Waals surface area (Å²) in [6, 6.07) is 12.9. The second-order valence-corrected chi connectivity index (χ2v) is 5.36. The molecule has 3 aromatic rings. The Morgan fingerprint density at radius 3 is 2.65 bits per heavy atom. The molecule has 5 heteroatoms. The van der Waals surface area contributed by atoms with Crippen LogP contribution in [0.5, 0.6) is 0 Å². The lowest BCUT2D eigenvalue weighted by molar-refractivity contribution is 0.216. The maximum Gasteiger partial charge on any atom is 0.125 e. The van der Waals surface area contributed by atoms with Crippen LogP contribution in [0.25, 0.3) is 10.9 Å². The number of nitrogens with zero attached hydrogens (tertiary/aromatic N) is 2. The zero-order valence-corrected chi connectivity index (χ0v) is 12.2. The number of aliphatic hydroxyl groups is 1. The first-order valence-electron chi connectivity index (χ1n) is 6.13. The van der Waals surface area contributed by atoms with Gasteiger partial charge in [0.25, 0.3) is 0 Å². The highest BCUT2D eigenvalue weighted by Gasteiger charge is 2.21. The van der Waals surface area contributed by atoms with Gasteiger partial charge in [-0.25, -0.2) is 0 Å². The topological polar surface area (TPSA) is 38.0 Å². The molecule has 0 aliphatic rings. The zero-order valence-electron chi connectivity index (χ0n) is 10.7. The normalized spacial score (nSPS) is 12.8. The Morgan fingerprint density at radius 1 is 1.10 bits per heavy atom. The standard InChI is InChI=1S/C15H12Cl2N2O/c1-19-12-8-3-2-5-9(12)14(18-19)15(20)10-6-4-7-11(16)13(10)17/h2-8,15,20H,1H3. The van der Waals surface area contributed by atoms with Crippen molar-refractivity contribution in [2.24, 2.45) is 7.05 Å². The highest BCUT2D eigenvalue weighted by Crippen LogP contribution is 2.34. The molecule has 0 radical (unpaired) electrons. The van der Waals surface area contributed by atoms with Crippen molar-refractivity contribution in [3.05, 3.63) is 63.8 Å². The van der Waals surface area contributed by atoms with E-state index < -0.39 is 6.10 Å². The van der Waals surface area contributed by atoms with E-state index >= 15 is 0 Å². The predicted octanol–water partition coefficient (Wildman–Crippen LogP) is 3.96. The average Bonchev–Trinajstić information content (AvgIpc) is 2.79. The lowest BCUT2D eigenvalue weighted by Crippen LogP contribution is -2.03. The Morgan fingerprint density at radius 2 is 1.85 bits per heavy atom. The number of aromatic nitrogens is 2. The minimum Gasteiger partial charge on any atom is -0.382 e. The van der Waals surface area contributed by atoms with Crippen LogP contribution in [-0.4, -0.2) is 14.9 Å². The summed E-state index contributed by atoms with van der Waals surface area (Å²) in [5, 5.41) is 16.7. The van der Waals surface area contributed by atoms with Gasteiger partial charge >= 0.3 is 0 Å². The summed E-state index contributed by atoms with van der Waals surface area (Å²) in [6.45, 7) is 0. The maximum absolute atomic E-state index is 10.6. The molecular formula is C15H12Cl2N2O. The minimum absolute atomic E-state index is 0.358. The molecule has 0 aliphatic heterocycles. The molecule has 0 fully saturated rings. The summed E-state index contributed by atoms with van der Waals surface area (Å²) in [6.07, 6.45) is -0.910. The van der Waals surface area contributed by atoms with Crippen molar-refractivity contribution in [1.82, 2.24) is 9.78 Å². The van der Waals surface area contributed by atoms with E-state index in [1.165, 1.54) is 0 Å². The summed E-state index contributed by atoms with van der Waals surface area (Å²) >= 11 is 12.2. The number of hydrogen-bond donors (Lipinski definition) is 1. The van der Waals surface area contributed by atoms with Crippen LogP contribution in [0.3, 0.4) is 0 Å². The number of fused-ring (bicyclic) bond motifs is 1. The van der Waals surface area contributed by atoms with Crippen LogP contribution in [0.1, 0.15) is 17.4 Å². The van der Waals surface area contributed by atoms with Gasteiger partial charge < -0.3 is 5.11 Å². The molecule has 0 aliphatic carbocycles. The molecule has 3 rings (SSSR count). The Labute approximate surface area is 126 Å². The van der Waals surface area contributed by atoms with E-state index in [0.29, 0.717) is 21.3 Å². The van der Waals surface area contributed by atoms with Crippen molar-refractivity contribution >= 4 is 34.1 Å². The van der Waals surface area contributed by atoms with Crippen molar-refractivity contribution < 1.29 is 5.11 Å². The lowest BCUT2D eigenvalue weighted by Gasteiger charge is -2.11. The first-order valence-corrected chi connectivity index (χ1v) is 6.89. The number of aryl methyl sites for hydroxylation is 1. The van der Waals surface area contributed by atoms with Gasteiger partial charge in [0.1, 0.15) is 11.8 Å². The summed E-state index contributed by atoms with van der Waals surface area (Å²) in [5.41, 5.74) is 2.09. The fourth-order valence-corrected chi connectivity index (χ4v) is 2.73. The molecule has 1 heterocycles. The summed E-state index contributed by atoms with van der Waals surface area (Å²) in [5.74, 6) is 0. The first-order chi connectivity index (χ1) is 9.59. The Balaban J connectivity index is 2.18. The average molecular weight is 307 g/mol. The summed E-state index contributed by atoms with van der Waals surface area (Å²) in [4.78, 5) is 0. The monoisotopic (exact) mass is 306 g/mol. The number of rotatable bonds is 2. The number of aliphatic hydroxyl groups excluding tert-OH is 1. The largest absolute Gasteiger partial charge is 0.382 e. The highest BCUT2D eigenvalue weighted by atomic mass is 35.5. The molecule has 1 atom stereocenters. The Kier molecular flexibility index (Phi) is 3.42. The second kappa shape index (κ2) is 5.09. The smallest absolute Gasteiger partial charge is 0.125 e. The van der Waals surface area contributed by atoms with Crippen LogP contribution in [0.2, 0.25) is 10.0 Å². The molecule has 0 saturated heterocycles. The van der Waals surface area contributed by atoms with E-state index in [2.05, 4.69) is 5.10 Å².